The molecule has 3 nitrogen and oxygen atoms in total. The number of benzene rings is 1. The molecule has 1 heterocycles. The van der Waals surface area contributed by atoms with Gasteiger partial charge in [0.25, 0.3) is 0 Å². The molecule has 19 heavy (non-hydrogen) atoms. The standard InChI is InChI=1S/C11H7F5N2O/c1-18-3-4(2-17-18)11(19)5-6(12)8(14)10(16)9(15)7(5)13/h2-3,11,19H,1H3. The molecule has 0 spiro atoms. The summed E-state index contributed by atoms with van der Waals surface area (Å²) in [4.78, 5) is 0. The van der Waals surface area contributed by atoms with Crippen LogP contribution in [0.25, 0.3) is 0 Å². The maximum atomic E-state index is 13.4. The molecule has 0 amide bonds. The van der Waals surface area contributed by atoms with Gasteiger partial charge in [-0.3, -0.25) is 4.68 Å². The topological polar surface area (TPSA) is 38.0 Å². The minimum Gasteiger partial charge on any atom is -0.383 e. The van der Waals surface area contributed by atoms with E-state index in [4.69, 9.17) is 0 Å². The summed E-state index contributed by atoms with van der Waals surface area (Å²) < 4.78 is 66.9. The van der Waals surface area contributed by atoms with Crippen molar-refractivity contribution in [3.63, 3.8) is 0 Å². The van der Waals surface area contributed by atoms with Gasteiger partial charge in [-0.1, -0.05) is 0 Å². The third kappa shape index (κ3) is 2.07. The van der Waals surface area contributed by atoms with Crippen molar-refractivity contribution in [2.75, 3.05) is 0 Å². The molecule has 1 N–H and O–H groups in total. The van der Waals surface area contributed by atoms with E-state index in [1.165, 1.54) is 17.9 Å². The van der Waals surface area contributed by atoms with Gasteiger partial charge in [-0.05, 0) is 0 Å². The lowest BCUT2D eigenvalue weighted by Crippen LogP contribution is -2.12. The van der Waals surface area contributed by atoms with Crippen LogP contribution in [0.1, 0.15) is 17.2 Å². The second-order valence-electron chi connectivity index (χ2n) is 3.83. The number of hydrogen-bond acceptors (Lipinski definition) is 2. The van der Waals surface area contributed by atoms with Crippen LogP contribution in [0.5, 0.6) is 0 Å². The summed E-state index contributed by atoms with van der Waals surface area (Å²) >= 11 is 0. The summed E-state index contributed by atoms with van der Waals surface area (Å²) in [5, 5.41) is 13.4. The molecule has 0 fully saturated rings. The number of nitrogens with zero attached hydrogens (tertiary/aromatic N) is 2. The molecule has 8 heteroatoms. The van der Waals surface area contributed by atoms with Crippen LogP contribution in [0.4, 0.5) is 22.0 Å². The quantitative estimate of drug-likeness (QED) is 0.519. The molecule has 0 aliphatic rings. The van der Waals surface area contributed by atoms with Crippen LogP contribution in [0.15, 0.2) is 12.4 Å². The average molecular weight is 278 g/mol. The highest BCUT2D eigenvalue weighted by Gasteiger charge is 2.30. The Balaban J connectivity index is 2.63. The first-order chi connectivity index (χ1) is 8.84. The van der Waals surface area contributed by atoms with Crippen molar-refractivity contribution in [1.29, 1.82) is 0 Å². The molecule has 2 rings (SSSR count). The van der Waals surface area contributed by atoms with Crippen molar-refractivity contribution in [2.45, 2.75) is 6.10 Å². The Morgan fingerprint density at radius 2 is 1.47 bits per heavy atom. The normalized spacial score (nSPS) is 12.8. The van der Waals surface area contributed by atoms with Crippen molar-refractivity contribution >= 4 is 0 Å². The van der Waals surface area contributed by atoms with E-state index in [9.17, 15) is 27.1 Å². The SMILES string of the molecule is Cn1cc(C(O)c2c(F)c(F)c(F)c(F)c2F)cn1. The van der Waals surface area contributed by atoms with Gasteiger partial charge in [0, 0.05) is 18.8 Å². The first kappa shape index (κ1) is 13.5. The van der Waals surface area contributed by atoms with Gasteiger partial charge in [0.2, 0.25) is 5.82 Å². The second-order valence-corrected chi connectivity index (χ2v) is 3.83. The van der Waals surface area contributed by atoms with Crippen LogP contribution in [0, 0.1) is 29.1 Å². The van der Waals surface area contributed by atoms with Crippen molar-refractivity contribution in [3.8, 4) is 0 Å². The summed E-state index contributed by atoms with van der Waals surface area (Å²) in [5.41, 5.74) is -1.39. The van der Waals surface area contributed by atoms with E-state index in [0.29, 0.717) is 0 Å². The van der Waals surface area contributed by atoms with E-state index in [0.717, 1.165) is 6.20 Å². The molecular weight excluding hydrogens is 271 g/mol. The molecule has 0 saturated carbocycles. The van der Waals surface area contributed by atoms with E-state index in [2.05, 4.69) is 5.10 Å². The highest BCUT2D eigenvalue weighted by atomic mass is 19.2. The molecule has 1 aromatic carbocycles. The van der Waals surface area contributed by atoms with E-state index in [-0.39, 0.29) is 5.56 Å². The summed E-state index contributed by atoms with van der Waals surface area (Å²) in [7, 11) is 1.47. The number of aliphatic hydroxyl groups excluding tert-OH is 1. The Kier molecular flexibility index (Phi) is 3.27. The molecule has 102 valence electrons. The molecule has 0 radical (unpaired) electrons. The van der Waals surface area contributed by atoms with E-state index < -0.39 is 40.8 Å². The molecule has 1 unspecified atom stereocenters. The predicted octanol–water partition coefficient (Wildman–Crippen LogP) is 2.20. The monoisotopic (exact) mass is 278 g/mol. The molecular formula is C11H7F5N2O. The summed E-state index contributed by atoms with van der Waals surface area (Å²) in [5.74, 6) is -10.6. The van der Waals surface area contributed by atoms with Gasteiger partial charge in [0.05, 0.1) is 11.8 Å². The molecule has 2 aromatic rings. The second kappa shape index (κ2) is 4.61. The van der Waals surface area contributed by atoms with Crippen LogP contribution >= 0.6 is 0 Å². The van der Waals surface area contributed by atoms with Gasteiger partial charge in [0.1, 0.15) is 6.10 Å². The lowest BCUT2D eigenvalue weighted by Gasteiger charge is -2.12. The van der Waals surface area contributed by atoms with Gasteiger partial charge in [0.15, 0.2) is 23.3 Å². The molecule has 1 atom stereocenters. The van der Waals surface area contributed by atoms with Crippen LogP contribution in [0.2, 0.25) is 0 Å². The molecule has 0 aliphatic heterocycles. The van der Waals surface area contributed by atoms with Crippen LogP contribution < -0.4 is 0 Å². The first-order valence-corrected chi connectivity index (χ1v) is 5.02. The van der Waals surface area contributed by atoms with Gasteiger partial charge in [-0.15, -0.1) is 0 Å². The average Bonchev–Trinajstić information content (AvgIpc) is 2.81. The minimum atomic E-state index is -2.27. The highest BCUT2D eigenvalue weighted by molar-refractivity contribution is 5.31. The predicted molar refractivity (Wildman–Crippen MR) is 53.5 cm³/mol. The Hall–Kier alpha value is -1.96. The maximum absolute atomic E-state index is 13.4. The zero-order valence-corrected chi connectivity index (χ0v) is 9.46. The smallest absolute Gasteiger partial charge is 0.200 e. The van der Waals surface area contributed by atoms with E-state index in [1.54, 1.807) is 0 Å². The largest absolute Gasteiger partial charge is 0.383 e. The zero-order chi connectivity index (χ0) is 14.3. The van der Waals surface area contributed by atoms with Crippen LogP contribution in [-0.2, 0) is 7.05 Å². The lowest BCUT2D eigenvalue weighted by molar-refractivity contribution is 0.202. The summed E-state index contributed by atoms with van der Waals surface area (Å²) in [6, 6.07) is 0. The van der Waals surface area contributed by atoms with Crippen molar-refractivity contribution in [2.24, 2.45) is 7.05 Å². The third-order valence-electron chi connectivity index (χ3n) is 2.56. The number of aryl methyl sites for hydroxylation is 1. The molecule has 0 bridgehead atoms. The number of aliphatic hydroxyl groups is 1. The van der Waals surface area contributed by atoms with Crippen molar-refractivity contribution < 1.29 is 27.1 Å². The Morgan fingerprint density at radius 1 is 1.00 bits per heavy atom. The van der Waals surface area contributed by atoms with Crippen molar-refractivity contribution in [1.82, 2.24) is 9.78 Å². The minimum absolute atomic E-state index is 0.0919. The highest BCUT2D eigenvalue weighted by Crippen LogP contribution is 2.31. The zero-order valence-electron chi connectivity index (χ0n) is 9.46. The Bertz CT molecular complexity index is 611. The molecule has 0 aliphatic carbocycles. The van der Waals surface area contributed by atoms with Crippen LogP contribution in [-0.4, -0.2) is 14.9 Å². The van der Waals surface area contributed by atoms with Gasteiger partial charge < -0.3 is 5.11 Å². The number of rotatable bonds is 2. The molecule has 1 aromatic heterocycles. The van der Waals surface area contributed by atoms with Gasteiger partial charge >= 0.3 is 0 Å². The Morgan fingerprint density at radius 3 is 1.89 bits per heavy atom. The molecule has 0 saturated heterocycles. The van der Waals surface area contributed by atoms with Gasteiger partial charge in [-0.25, -0.2) is 22.0 Å². The lowest BCUT2D eigenvalue weighted by atomic mass is 10.0. The van der Waals surface area contributed by atoms with Gasteiger partial charge in [-0.2, -0.15) is 5.10 Å². The van der Waals surface area contributed by atoms with E-state index >= 15 is 0 Å². The third-order valence-corrected chi connectivity index (χ3v) is 2.56. The van der Waals surface area contributed by atoms with Crippen LogP contribution in [0.3, 0.4) is 0 Å². The number of halogens is 5. The fourth-order valence-corrected chi connectivity index (χ4v) is 1.61. The summed E-state index contributed by atoms with van der Waals surface area (Å²) in [6.07, 6.45) is 0.254. The number of hydrogen-bond donors (Lipinski definition) is 1. The fraction of sp³-hybridized carbons (Fsp3) is 0.182. The van der Waals surface area contributed by atoms with Crippen molar-refractivity contribution in [3.05, 3.63) is 52.6 Å². The first-order valence-electron chi connectivity index (χ1n) is 5.02. The number of aromatic nitrogens is 2. The maximum Gasteiger partial charge on any atom is 0.200 e. The fourth-order valence-electron chi connectivity index (χ4n) is 1.61. The summed E-state index contributed by atoms with van der Waals surface area (Å²) in [6.45, 7) is 0. The van der Waals surface area contributed by atoms with E-state index in [1.807, 2.05) is 0 Å². The Labute approximate surface area is 103 Å².